The molecule has 3 aromatic rings. The van der Waals surface area contributed by atoms with E-state index in [0.29, 0.717) is 38.4 Å². The average molecular weight is 519 g/mol. The molecule has 0 aliphatic heterocycles. The van der Waals surface area contributed by atoms with Gasteiger partial charge in [0.05, 0.1) is 4.34 Å². The zero-order chi connectivity index (χ0) is 22.6. The van der Waals surface area contributed by atoms with Gasteiger partial charge in [0.25, 0.3) is 0 Å². The minimum absolute atomic E-state index is 0.0173. The number of hydrogen-bond donors (Lipinski definition) is 2. The summed E-state index contributed by atoms with van der Waals surface area (Å²) in [4.78, 5) is 0. The fourth-order valence-electron chi connectivity index (χ4n) is 3.23. The van der Waals surface area contributed by atoms with Crippen molar-refractivity contribution in [3.8, 4) is 0 Å². The Hall–Kier alpha value is -1.12. The van der Waals surface area contributed by atoms with E-state index in [1.54, 1.807) is 54.6 Å². The maximum atomic E-state index is 12.4. The maximum Gasteiger partial charge on any atom is 0.250 e. The topological polar surface area (TPSA) is 66.4 Å². The van der Waals surface area contributed by atoms with E-state index in [4.69, 9.17) is 34.8 Å². The Kier molecular flexibility index (Phi) is 8.08. The molecule has 0 bridgehead atoms. The van der Waals surface area contributed by atoms with Crippen LogP contribution in [0.2, 0.25) is 14.4 Å². The first-order valence-electron chi connectivity index (χ1n) is 9.59. The van der Waals surface area contributed by atoms with Crippen LogP contribution in [-0.2, 0) is 15.6 Å². The fourth-order valence-corrected chi connectivity index (χ4v) is 6.17. The first kappa shape index (κ1) is 24.5. The SMILES string of the molecule is C[C@@H](CCC(O)(c1ccc(Cl)cc1)c1ccc(Cl)cc1)CNS(=O)(=O)c1ccc(Cl)s1. The molecule has 166 valence electrons. The van der Waals surface area contributed by atoms with E-state index in [-0.39, 0.29) is 16.7 Å². The number of halogens is 3. The van der Waals surface area contributed by atoms with Gasteiger partial charge in [-0.25, -0.2) is 13.1 Å². The minimum Gasteiger partial charge on any atom is -0.380 e. The molecule has 3 rings (SSSR count). The zero-order valence-corrected chi connectivity index (χ0v) is 20.6. The quantitative estimate of drug-likeness (QED) is 0.347. The lowest BCUT2D eigenvalue weighted by molar-refractivity contribution is 0.0643. The van der Waals surface area contributed by atoms with E-state index >= 15 is 0 Å². The number of aliphatic hydroxyl groups is 1. The molecule has 1 heterocycles. The predicted molar refractivity (Wildman–Crippen MR) is 129 cm³/mol. The molecule has 1 atom stereocenters. The van der Waals surface area contributed by atoms with Crippen molar-refractivity contribution in [1.29, 1.82) is 0 Å². The third kappa shape index (κ3) is 6.23. The van der Waals surface area contributed by atoms with Crippen LogP contribution in [0.1, 0.15) is 30.9 Å². The number of hydrogen-bond acceptors (Lipinski definition) is 4. The van der Waals surface area contributed by atoms with E-state index in [9.17, 15) is 13.5 Å². The molecule has 0 fully saturated rings. The van der Waals surface area contributed by atoms with Crippen molar-refractivity contribution in [3.05, 3.63) is 86.2 Å². The maximum absolute atomic E-state index is 12.4. The number of thiophene rings is 1. The van der Waals surface area contributed by atoms with E-state index in [2.05, 4.69) is 4.72 Å². The van der Waals surface area contributed by atoms with Crippen LogP contribution in [0.25, 0.3) is 0 Å². The van der Waals surface area contributed by atoms with Crippen LogP contribution in [0.3, 0.4) is 0 Å². The van der Waals surface area contributed by atoms with Gasteiger partial charge in [-0.2, -0.15) is 0 Å². The summed E-state index contributed by atoms with van der Waals surface area (Å²) in [5.41, 5.74) is 0.157. The van der Waals surface area contributed by atoms with Gasteiger partial charge in [-0.3, -0.25) is 0 Å². The third-order valence-electron chi connectivity index (χ3n) is 5.08. The summed E-state index contributed by atoms with van der Waals surface area (Å²) in [6, 6.07) is 17.2. The second-order valence-corrected chi connectivity index (χ2v) is 12.0. The number of sulfonamides is 1. The Morgan fingerprint density at radius 2 is 1.45 bits per heavy atom. The number of rotatable bonds is 9. The second-order valence-electron chi connectivity index (χ2n) is 7.43. The van der Waals surface area contributed by atoms with Crippen LogP contribution >= 0.6 is 46.1 Å². The van der Waals surface area contributed by atoms with Crippen LogP contribution in [0, 0.1) is 5.92 Å². The van der Waals surface area contributed by atoms with Crippen molar-refractivity contribution in [2.75, 3.05) is 6.54 Å². The summed E-state index contributed by atoms with van der Waals surface area (Å²) < 4.78 is 28.1. The van der Waals surface area contributed by atoms with E-state index in [1.165, 1.54) is 6.07 Å². The molecule has 0 amide bonds. The summed E-state index contributed by atoms with van der Waals surface area (Å²) in [6.45, 7) is 2.18. The zero-order valence-electron chi connectivity index (χ0n) is 16.7. The largest absolute Gasteiger partial charge is 0.380 e. The molecule has 0 saturated carbocycles. The van der Waals surface area contributed by atoms with E-state index in [1.807, 2.05) is 6.92 Å². The second kappa shape index (κ2) is 10.2. The van der Waals surface area contributed by atoms with Crippen molar-refractivity contribution in [2.45, 2.75) is 29.6 Å². The smallest absolute Gasteiger partial charge is 0.250 e. The Labute approximate surface area is 201 Å². The monoisotopic (exact) mass is 517 g/mol. The Bertz CT molecular complexity index is 1070. The van der Waals surface area contributed by atoms with Crippen molar-refractivity contribution in [2.24, 2.45) is 5.92 Å². The van der Waals surface area contributed by atoms with Crippen LogP contribution in [0.4, 0.5) is 0 Å². The van der Waals surface area contributed by atoms with Crippen LogP contribution in [0.15, 0.2) is 64.9 Å². The highest BCUT2D eigenvalue weighted by molar-refractivity contribution is 7.91. The van der Waals surface area contributed by atoms with Gasteiger partial charge in [0.2, 0.25) is 10.0 Å². The number of nitrogens with one attached hydrogen (secondary N) is 1. The van der Waals surface area contributed by atoms with Crippen molar-refractivity contribution >= 4 is 56.2 Å². The van der Waals surface area contributed by atoms with Crippen molar-refractivity contribution < 1.29 is 13.5 Å². The summed E-state index contributed by atoms with van der Waals surface area (Å²) in [7, 11) is -3.61. The normalized spacial score (nSPS) is 13.3. The molecule has 1 aromatic heterocycles. The highest BCUT2D eigenvalue weighted by Gasteiger charge is 2.32. The molecule has 0 unspecified atom stereocenters. The molecular formula is C22H22Cl3NO3S2. The van der Waals surface area contributed by atoms with Crippen LogP contribution in [0.5, 0.6) is 0 Å². The lowest BCUT2D eigenvalue weighted by Gasteiger charge is -2.31. The Morgan fingerprint density at radius 1 is 0.935 bits per heavy atom. The lowest BCUT2D eigenvalue weighted by Crippen LogP contribution is -2.31. The van der Waals surface area contributed by atoms with Gasteiger partial charge < -0.3 is 5.11 Å². The van der Waals surface area contributed by atoms with Gasteiger partial charge >= 0.3 is 0 Å². The summed E-state index contributed by atoms with van der Waals surface area (Å²) in [5.74, 6) is -0.0173. The predicted octanol–water partition coefficient (Wildman–Crippen LogP) is 6.34. The lowest BCUT2D eigenvalue weighted by atomic mass is 9.81. The van der Waals surface area contributed by atoms with Crippen molar-refractivity contribution in [1.82, 2.24) is 4.72 Å². The van der Waals surface area contributed by atoms with E-state index < -0.39 is 15.6 Å². The summed E-state index contributed by atoms with van der Waals surface area (Å²) in [6.07, 6.45) is 0.972. The summed E-state index contributed by atoms with van der Waals surface area (Å²) in [5, 5.41) is 12.8. The third-order valence-corrected chi connectivity index (χ3v) is 8.73. The molecular weight excluding hydrogens is 497 g/mol. The molecule has 0 spiro atoms. The van der Waals surface area contributed by atoms with Gasteiger partial charge in [-0.1, -0.05) is 66.0 Å². The molecule has 0 aliphatic carbocycles. The molecule has 0 radical (unpaired) electrons. The molecule has 2 N–H and O–H groups in total. The standard InChI is InChI=1S/C22H22Cl3NO3S2/c1-15(14-26-31(28,29)21-11-10-20(25)30-21)12-13-22(27,16-2-6-18(23)7-3-16)17-4-8-19(24)9-5-17/h2-11,15,26-27H,12-14H2,1H3/t15-/m0/s1. The van der Waals surface area contributed by atoms with E-state index in [0.717, 1.165) is 11.3 Å². The average Bonchev–Trinajstić information content (AvgIpc) is 3.19. The first-order chi connectivity index (χ1) is 14.6. The van der Waals surface area contributed by atoms with Gasteiger partial charge in [0.15, 0.2) is 0 Å². The molecule has 0 saturated heterocycles. The Balaban J connectivity index is 1.72. The van der Waals surface area contributed by atoms with Gasteiger partial charge in [0, 0.05) is 16.6 Å². The first-order valence-corrected chi connectivity index (χ1v) is 13.0. The highest BCUT2D eigenvalue weighted by atomic mass is 35.5. The molecule has 0 aliphatic rings. The summed E-state index contributed by atoms with van der Waals surface area (Å²) >= 11 is 18.9. The fraction of sp³-hybridized carbons (Fsp3) is 0.273. The van der Waals surface area contributed by atoms with Crippen molar-refractivity contribution in [3.63, 3.8) is 0 Å². The van der Waals surface area contributed by atoms with Gasteiger partial charge in [-0.15, -0.1) is 11.3 Å². The van der Waals surface area contributed by atoms with Gasteiger partial charge in [0.1, 0.15) is 9.81 Å². The van der Waals surface area contributed by atoms with Crippen LogP contribution < -0.4 is 4.72 Å². The van der Waals surface area contributed by atoms with Gasteiger partial charge in [-0.05, 0) is 66.3 Å². The minimum atomic E-state index is -3.61. The molecule has 4 nitrogen and oxygen atoms in total. The molecule has 31 heavy (non-hydrogen) atoms. The molecule has 2 aromatic carbocycles. The molecule has 9 heteroatoms. The Morgan fingerprint density at radius 3 is 1.90 bits per heavy atom. The number of benzene rings is 2. The van der Waals surface area contributed by atoms with Crippen LogP contribution in [-0.4, -0.2) is 20.1 Å². The highest BCUT2D eigenvalue weighted by Crippen LogP contribution is 2.36.